The summed E-state index contributed by atoms with van der Waals surface area (Å²) in [7, 11) is 1.59. The standard InChI is InChI=1S/C13H17N3O4/c1-8-3-4-9(5-10(8)16(19)20)13(18)15(2)11-6-14-7-12(11)17/h3-5,11-12,14,17H,6-7H2,1-2H3/t11-,12-/m1/s1. The van der Waals surface area contributed by atoms with Crippen molar-refractivity contribution in [3.05, 3.63) is 39.4 Å². The number of likely N-dealkylation sites (N-methyl/N-ethyl adjacent to an activating group) is 1. The fraction of sp³-hybridized carbons (Fsp3) is 0.462. The summed E-state index contributed by atoms with van der Waals surface area (Å²) in [6.07, 6.45) is -0.621. The van der Waals surface area contributed by atoms with Gasteiger partial charge in [0.1, 0.15) is 0 Å². The number of aryl methyl sites for hydroxylation is 1. The van der Waals surface area contributed by atoms with Crippen molar-refractivity contribution in [1.29, 1.82) is 0 Å². The van der Waals surface area contributed by atoms with Crippen LogP contribution in [0.4, 0.5) is 5.69 Å². The van der Waals surface area contributed by atoms with Crippen LogP contribution in [0.25, 0.3) is 0 Å². The van der Waals surface area contributed by atoms with E-state index < -0.39 is 11.0 Å². The van der Waals surface area contributed by atoms with Crippen LogP contribution in [-0.4, -0.2) is 53.1 Å². The first kappa shape index (κ1) is 14.4. The summed E-state index contributed by atoms with van der Waals surface area (Å²) in [6.45, 7) is 2.58. The Balaban J connectivity index is 2.24. The molecule has 0 aliphatic carbocycles. The summed E-state index contributed by atoms with van der Waals surface area (Å²) >= 11 is 0. The number of β-amino-alcohol motifs (C(OH)–C–C–N with tert-alkyl or cyclic N) is 1. The molecule has 1 aromatic carbocycles. The molecule has 2 N–H and O–H groups in total. The van der Waals surface area contributed by atoms with Crippen molar-refractivity contribution >= 4 is 11.6 Å². The van der Waals surface area contributed by atoms with Crippen molar-refractivity contribution in [1.82, 2.24) is 10.2 Å². The van der Waals surface area contributed by atoms with E-state index in [0.717, 1.165) is 0 Å². The van der Waals surface area contributed by atoms with Crippen LogP contribution in [0.5, 0.6) is 0 Å². The van der Waals surface area contributed by atoms with Gasteiger partial charge >= 0.3 is 0 Å². The number of benzene rings is 1. The third kappa shape index (κ3) is 2.63. The lowest BCUT2D eigenvalue weighted by Gasteiger charge is -2.26. The molecule has 1 amide bonds. The fourth-order valence-corrected chi connectivity index (χ4v) is 2.34. The minimum Gasteiger partial charge on any atom is -0.390 e. The van der Waals surface area contributed by atoms with Gasteiger partial charge in [0.25, 0.3) is 11.6 Å². The van der Waals surface area contributed by atoms with E-state index in [1.807, 2.05) is 0 Å². The third-order valence-corrected chi connectivity index (χ3v) is 3.62. The van der Waals surface area contributed by atoms with E-state index in [0.29, 0.717) is 18.7 Å². The number of carbonyl (C=O) groups is 1. The zero-order chi connectivity index (χ0) is 14.9. The van der Waals surface area contributed by atoms with Gasteiger partial charge in [-0.2, -0.15) is 0 Å². The number of amides is 1. The highest BCUT2D eigenvalue weighted by Crippen LogP contribution is 2.21. The van der Waals surface area contributed by atoms with Crippen LogP contribution in [0.2, 0.25) is 0 Å². The number of hydrogen-bond acceptors (Lipinski definition) is 5. The van der Waals surface area contributed by atoms with Gasteiger partial charge in [-0.25, -0.2) is 0 Å². The molecule has 0 saturated carbocycles. The summed E-state index contributed by atoms with van der Waals surface area (Å²) in [5.41, 5.74) is 0.690. The summed E-state index contributed by atoms with van der Waals surface area (Å²) < 4.78 is 0. The van der Waals surface area contributed by atoms with E-state index in [4.69, 9.17) is 0 Å². The quantitative estimate of drug-likeness (QED) is 0.613. The highest BCUT2D eigenvalue weighted by atomic mass is 16.6. The number of nitro benzene ring substituents is 1. The van der Waals surface area contributed by atoms with Gasteiger partial charge < -0.3 is 15.3 Å². The molecule has 7 heteroatoms. The first-order valence-corrected chi connectivity index (χ1v) is 6.33. The van der Waals surface area contributed by atoms with Crippen LogP contribution in [0.15, 0.2) is 18.2 Å². The van der Waals surface area contributed by atoms with E-state index in [1.165, 1.54) is 11.0 Å². The van der Waals surface area contributed by atoms with Crippen molar-refractivity contribution in [3.63, 3.8) is 0 Å². The van der Waals surface area contributed by atoms with E-state index >= 15 is 0 Å². The van der Waals surface area contributed by atoms with Crippen LogP contribution in [-0.2, 0) is 0 Å². The maximum absolute atomic E-state index is 12.3. The molecule has 1 heterocycles. The minimum atomic E-state index is -0.621. The lowest BCUT2D eigenvalue weighted by Crippen LogP contribution is -2.44. The SMILES string of the molecule is Cc1ccc(C(=O)N(C)[C@@H]2CNC[C@H]2O)cc1[N+](=O)[O-]. The predicted octanol–water partition coefficient (Wildman–Crippen LogP) is 0.308. The zero-order valence-electron chi connectivity index (χ0n) is 11.4. The number of nitrogens with one attached hydrogen (secondary N) is 1. The van der Waals surface area contributed by atoms with Gasteiger partial charge in [-0.1, -0.05) is 6.07 Å². The molecule has 2 atom stereocenters. The number of aliphatic hydroxyl groups excluding tert-OH is 1. The highest BCUT2D eigenvalue weighted by molar-refractivity contribution is 5.95. The number of hydrogen-bond donors (Lipinski definition) is 2. The Morgan fingerprint density at radius 3 is 2.75 bits per heavy atom. The highest BCUT2D eigenvalue weighted by Gasteiger charge is 2.32. The molecule has 0 unspecified atom stereocenters. The first-order chi connectivity index (χ1) is 9.41. The van der Waals surface area contributed by atoms with Crippen molar-refractivity contribution in [3.8, 4) is 0 Å². The second-order valence-corrected chi connectivity index (χ2v) is 4.97. The molecule has 1 fully saturated rings. The van der Waals surface area contributed by atoms with Gasteiger partial charge in [0.15, 0.2) is 0 Å². The molecular formula is C13H17N3O4. The number of nitrogens with zero attached hydrogens (tertiary/aromatic N) is 2. The van der Waals surface area contributed by atoms with Gasteiger partial charge in [0.05, 0.1) is 17.1 Å². The van der Waals surface area contributed by atoms with Crippen LogP contribution in [0.1, 0.15) is 15.9 Å². The summed E-state index contributed by atoms with van der Waals surface area (Å²) in [6, 6.07) is 4.09. The number of rotatable bonds is 3. The van der Waals surface area contributed by atoms with Crippen LogP contribution in [0, 0.1) is 17.0 Å². The molecule has 1 saturated heterocycles. The number of aliphatic hydroxyl groups is 1. The lowest BCUT2D eigenvalue weighted by molar-refractivity contribution is -0.385. The monoisotopic (exact) mass is 279 g/mol. The van der Waals surface area contributed by atoms with Crippen molar-refractivity contribution < 1.29 is 14.8 Å². The largest absolute Gasteiger partial charge is 0.390 e. The maximum atomic E-state index is 12.3. The zero-order valence-corrected chi connectivity index (χ0v) is 11.4. The Morgan fingerprint density at radius 2 is 2.20 bits per heavy atom. The molecule has 2 rings (SSSR count). The molecule has 0 radical (unpaired) electrons. The topological polar surface area (TPSA) is 95.7 Å². The molecular weight excluding hydrogens is 262 g/mol. The maximum Gasteiger partial charge on any atom is 0.273 e. The second-order valence-electron chi connectivity index (χ2n) is 4.97. The fourth-order valence-electron chi connectivity index (χ4n) is 2.34. The van der Waals surface area contributed by atoms with Crippen LogP contribution in [0.3, 0.4) is 0 Å². The molecule has 0 bridgehead atoms. The Hall–Kier alpha value is -1.99. The van der Waals surface area contributed by atoms with E-state index in [-0.39, 0.29) is 23.2 Å². The Bertz CT molecular complexity index is 546. The Kier molecular flexibility index (Phi) is 4.01. The van der Waals surface area contributed by atoms with Crippen molar-refractivity contribution in [2.24, 2.45) is 0 Å². The molecule has 1 aromatic rings. The minimum absolute atomic E-state index is 0.0747. The second kappa shape index (κ2) is 5.56. The van der Waals surface area contributed by atoms with Gasteiger partial charge in [-0.05, 0) is 13.0 Å². The third-order valence-electron chi connectivity index (χ3n) is 3.62. The number of carbonyl (C=O) groups excluding carboxylic acids is 1. The average molecular weight is 279 g/mol. The average Bonchev–Trinajstić information content (AvgIpc) is 2.83. The lowest BCUT2D eigenvalue weighted by atomic mass is 10.1. The molecule has 1 aliphatic heterocycles. The molecule has 1 aliphatic rings. The van der Waals surface area contributed by atoms with E-state index in [2.05, 4.69) is 5.32 Å². The molecule has 0 aromatic heterocycles. The molecule has 0 spiro atoms. The predicted molar refractivity (Wildman–Crippen MR) is 72.6 cm³/mol. The van der Waals surface area contributed by atoms with E-state index in [1.54, 1.807) is 26.1 Å². The van der Waals surface area contributed by atoms with Crippen molar-refractivity contribution in [2.75, 3.05) is 20.1 Å². The van der Waals surface area contributed by atoms with Gasteiger partial charge in [-0.15, -0.1) is 0 Å². The summed E-state index contributed by atoms with van der Waals surface area (Å²) in [4.78, 5) is 24.2. The van der Waals surface area contributed by atoms with E-state index in [9.17, 15) is 20.0 Å². The number of nitro groups is 1. The van der Waals surface area contributed by atoms with Gasteiger partial charge in [0, 0.05) is 37.3 Å². The first-order valence-electron chi connectivity index (χ1n) is 6.33. The Morgan fingerprint density at radius 1 is 1.50 bits per heavy atom. The van der Waals surface area contributed by atoms with Crippen LogP contribution >= 0.6 is 0 Å². The Labute approximate surface area is 116 Å². The molecule has 7 nitrogen and oxygen atoms in total. The van der Waals surface area contributed by atoms with Crippen LogP contribution < -0.4 is 5.32 Å². The molecule has 108 valence electrons. The summed E-state index contributed by atoms with van der Waals surface area (Å²) in [5, 5.41) is 23.7. The smallest absolute Gasteiger partial charge is 0.273 e. The normalized spacial score (nSPS) is 21.8. The van der Waals surface area contributed by atoms with Gasteiger partial charge in [-0.3, -0.25) is 14.9 Å². The van der Waals surface area contributed by atoms with Gasteiger partial charge in [0.2, 0.25) is 0 Å². The van der Waals surface area contributed by atoms with Crippen molar-refractivity contribution in [2.45, 2.75) is 19.1 Å². The molecule has 20 heavy (non-hydrogen) atoms. The summed E-state index contributed by atoms with van der Waals surface area (Å²) in [5.74, 6) is -0.333.